The average Bonchev–Trinajstić information content (AvgIpc) is 2.60. The highest BCUT2D eigenvalue weighted by Gasteiger charge is 2.23. The lowest BCUT2D eigenvalue weighted by molar-refractivity contribution is -0.132. The van der Waals surface area contributed by atoms with E-state index in [0.717, 1.165) is 24.0 Å². The summed E-state index contributed by atoms with van der Waals surface area (Å²) in [5.41, 5.74) is 2.86. The molecule has 1 aromatic rings. The van der Waals surface area contributed by atoms with Crippen molar-refractivity contribution in [3.05, 3.63) is 29.3 Å². The fourth-order valence-corrected chi connectivity index (χ4v) is 4.55. The Kier molecular flexibility index (Phi) is 7.09. The van der Waals surface area contributed by atoms with Crippen molar-refractivity contribution < 1.29 is 13.2 Å². The molecule has 0 atom stereocenters. The van der Waals surface area contributed by atoms with Crippen LogP contribution >= 0.6 is 0 Å². The quantitative estimate of drug-likeness (QED) is 0.726. The summed E-state index contributed by atoms with van der Waals surface area (Å²) in [6.07, 6.45) is 7.93. The fraction of sp³-hybridized carbons (Fsp3) is 0.650. The zero-order valence-corrected chi connectivity index (χ0v) is 17.3. The van der Waals surface area contributed by atoms with E-state index < -0.39 is 10.0 Å². The normalized spacial score (nSPS) is 15.7. The first-order valence-corrected chi connectivity index (χ1v) is 11.4. The summed E-state index contributed by atoms with van der Waals surface area (Å²) >= 11 is 0. The molecule has 5 nitrogen and oxygen atoms in total. The van der Waals surface area contributed by atoms with Crippen LogP contribution in [0.15, 0.2) is 18.2 Å². The molecule has 0 radical (unpaired) electrons. The van der Waals surface area contributed by atoms with Crippen molar-refractivity contribution in [3.63, 3.8) is 0 Å². The van der Waals surface area contributed by atoms with Crippen molar-refractivity contribution in [1.82, 2.24) is 4.90 Å². The maximum Gasteiger partial charge on any atom is 0.232 e. The Morgan fingerprint density at radius 3 is 2.35 bits per heavy atom. The number of hydrogen-bond donors (Lipinski definition) is 0. The predicted octanol–water partition coefficient (Wildman–Crippen LogP) is 3.64. The Bertz CT molecular complexity index is 725. The maximum atomic E-state index is 12.5. The second-order valence-corrected chi connectivity index (χ2v) is 9.41. The molecule has 1 aliphatic rings. The van der Waals surface area contributed by atoms with Crippen LogP contribution in [0.5, 0.6) is 0 Å². The number of carbonyl (C=O) groups is 1. The van der Waals surface area contributed by atoms with E-state index in [4.69, 9.17) is 0 Å². The molecule has 1 amide bonds. The third kappa shape index (κ3) is 5.47. The average molecular weight is 381 g/mol. The van der Waals surface area contributed by atoms with E-state index in [9.17, 15) is 13.2 Å². The van der Waals surface area contributed by atoms with Gasteiger partial charge in [0.15, 0.2) is 0 Å². The number of aryl methyl sites for hydroxylation is 2. The van der Waals surface area contributed by atoms with Crippen LogP contribution in [0.1, 0.15) is 56.1 Å². The number of benzene rings is 1. The van der Waals surface area contributed by atoms with Gasteiger partial charge in [-0.25, -0.2) is 8.42 Å². The predicted molar refractivity (Wildman–Crippen MR) is 107 cm³/mol. The van der Waals surface area contributed by atoms with E-state index in [1.54, 1.807) is 0 Å². The summed E-state index contributed by atoms with van der Waals surface area (Å²) in [6.45, 7) is 4.30. The van der Waals surface area contributed by atoms with Crippen molar-refractivity contribution in [1.29, 1.82) is 0 Å². The van der Waals surface area contributed by atoms with E-state index in [0.29, 0.717) is 31.1 Å². The molecular formula is C20H32N2O3S. The molecule has 0 N–H and O–H groups in total. The second kappa shape index (κ2) is 8.89. The summed E-state index contributed by atoms with van der Waals surface area (Å²) in [7, 11) is -1.49. The summed E-state index contributed by atoms with van der Waals surface area (Å²) in [4.78, 5) is 14.3. The van der Waals surface area contributed by atoms with Crippen molar-refractivity contribution in [2.75, 3.05) is 24.2 Å². The van der Waals surface area contributed by atoms with Crippen LogP contribution in [0.2, 0.25) is 0 Å². The number of anilines is 1. The van der Waals surface area contributed by atoms with Gasteiger partial charge in [0.2, 0.25) is 15.9 Å². The van der Waals surface area contributed by atoms with Crippen LogP contribution in [-0.4, -0.2) is 45.1 Å². The Morgan fingerprint density at radius 1 is 1.12 bits per heavy atom. The van der Waals surface area contributed by atoms with Gasteiger partial charge in [0.1, 0.15) is 0 Å². The van der Waals surface area contributed by atoms with Crippen molar-refractivity contribution >= 4 is 21.6 Å². The molecule has 1 aromatic carbocycles. The molecule has 6 heteroatoms. The number of nitrogens with zero attached hydrogens (tertiary/aromatic N) is 2. The zero-order chi connectivity index (χ0) is 19.3. The third-order valence-corrected chi connectivity index (χ3v) is 6.64. The van der Waals surface area contributed by atoms with Gasteiger partial charge < -0.3 is 4.90 Å². The standard InChI is InChI=1S/C20H32N2O3S/c1-16-12-13-19(15-17(16)2)22(26(4,24)25)14-8-11-20(23)21(3)18-9-6-5-7-10-18/h12-13,15,18H,5-11,14H2,1-4H3. The molecule has 1 aliphatic carbocycles. The monoisotopic (exact) mass is 380 g/mol. The van der Waals surface area contributed by atoms with Gasteiger partial charge >= 0.3 is 0 Å². The van der Waals surface area contributed by atoms with Gasteiger partial charge in [-0.1, -0.05) is 25.3 Å². The molecule has 2 rings (SSSR count). The van der Waals surface area contributed by atoms with Gasteiger partial charge in [-0.05, 0) is 56.4 Å². The first-order chi connectivity index (χ1) is 12.2. The summed E-state index contributed by atoms with van der Waals surface area (Å²) in [6, 6.07) is 6.01. The van der Waals surface area contributed by atoms with E-state index in [-0.39, 0.29) is 5.91 Å². The molecule has 1 fully saturated rings. The van der Waals surface area contributed by atoms with Crippen LogP contribution in [0.3, 0.4) is 0 Å². The highest BCUT2D eigenvalue weighted by molar-refractivity contribution is 7.92. The molecule has 1 saturated carbocycles. The van der Waals surface area contributed by atoms with Gasteiger partial charge in [-0.15, -0.1) is 0 Å². The lowest BCUT2D eigenvalue weighted by Crippen LogP contribution is -2.38. The number of hydrogen-bond acceptors (Lipinski definition) is 3. The molecule has 0 saturated heterocycles. The number of rotatable bonds is 7. The fourth-order valence-electron chi connectivity index (χ4n) is 3.59. The molecule has 0 spiro atoms. The van der Waals surface area contributed by atoms with Crippen LogP contribution in [-0.2, 0) is 14.8 Å². The van der Waals surface area contributed by atoms with Gasteiger partial charge in [0.25, 0.3) is 0 Å². The lowest BCUT2D eigenvalue weighted by Gasteiger charge is -2.31. The van der Waals surface area contributed by atoms with Crippen LogP contribution in [0.25, 0.3) is 0 Å². The van der Waals surface area contributed by atoms with E-state index in [1.165, 1.54) is 29.8 Å². The summed E-state index contributed by atoms with van der Waals surface area (Å²) in [5, 5.41) is 0. The van der Waals surface area contributed by atoms with Gasteiger partial charge in [0, 0.05) is 26.1 Å². The third-order valence-electron chi connectivity index (χ3n) is 5.45. The molecule has 26 heavy (non-hydrogen) atoms. The highest BCUT2D eigenvalue weighted by atomic mass is 32.2. The van der Waals surface area contributed by atoms with E-state index in [1.807, 2.05) is 44.0 Å². The maximum absolute atomic E-state index is 12.5. The number of carbonyl (C=O) groups excluding carboxylic acids is 1. The Labute approximate surface area is 158 Å². The first kappa shape index (κ1) is 20.7. The van der Waals surface area contributed by atoms with Crippen molar-refractivity contribution in [2.24, 2.45) is 0 Å². The number of sulfonamides is 1. The Morgan fingerprint density at radius 2 is 1.77 bits per heavy atom. The molecular weight excluding hydrogens is 348 g/mol. The second-order valence-electron chi connectivity index (χ2n) is 7.50. The zero-order valence-electron chi connectivity index (χ0n) is 16.5. The highest BCUT2D eigenvalue weighted by Crippen LogP contribution is 2.24. The topological polar surface area (TPSA) is 57.7 Å². The van der Waals surface area contributed by atoms with Crippen molar-refractivity contribution in [3.8, 4) is 0 Å². The number of amides is 1. The minimum absolute atomic E-state index is 0.116. The summed E-state index contributed by atoms with van der Waals surface area (Å²) in [5.74, 6) is 0.116. The molecule has 0 aliphatic heterocycles. The molecule has 0 bridgehead atoms. The first-order valence-electron chi connectivity index (χ1n) is 9.51. The largest absolute Gasteiger partial charge is 0.343 e. The molecule has 0 unspecified atom stereocenters. The minimum Gasteiger partial charge on any atom is -0.343 e. The molecule has 0 aromatic heterocycles. The lowest BCUT2D eigenvalue weighted by atomic mass is 9.94. The van der Waals surface area contributed by atoms with Crippen LogP contribution in [0.4, 0.5) is 5.69 Å². The van der Waals surface area contributed by atoms with Gasteiger partial charge in [0.05, 0.1) is 11.9 Å². The van der Waals surface area contributed by atoms with Crippen molar-refractivity contribution in [2.45, 2.75) is 64.8 Å². The SMILES string of the molecule is Cc1ccc(N(CCCC(=O)N(C)C2CCCCC2)S(C)(=O)=O)cc1C. The summed E-state index contributed by atoms with van der Waals surface area (Å²) < 4.78 is 25.8. The van der Waals surface area contributed by atoms with E-state index in [2.05, 4.69) is 0 Å². The van der Waals surface area contributed by atoms with Crippen LogP contribution in [0, 0.1) is 13.8 Å². The smallest absolute Gasteiger partial charge is 0.232 e. The minimum atomic E-state index is -3.38. The Hall–Kier alpha value is -1.56. The Balaban J connectivity index is 1.97. The van der Waals surface area contributed by atoms with Gasteiger partial charge in [-0.2, -0.15) is 0 Å². The molecule has 0 heterocycles. The van der Waals surface area contributed by atoms with Crippen LogP contribution < -0.4 is 4.31 Å². The molecule has 146 valence electrons. The van der Waals surface area contributed by atoms with Gasteiger partial charge in [-0.3, -0.25) is 9.10 Å². The van der Waals surface area contributed by atoms with E-state index >= 15 is 0 Å².